The highest BCUT2D eigenvalue weighted by molar-refractivity contribution is 5.81. The number of carbonyl (C=O) groups excluding carboxylic acids is 1. The third-order valence-corrected chi connectivity index (χ3v) is 2.17. The minimum absolute atomic E-state index is 0.0739. The lowest BCUT2D eigenvalue weighted by atomic mass is 10.0. The van der Waals surface area contributed by atoms with E-state index in [1.807, 2.05) is 0 Å². The molecule has 0 radical (unpaired) electrons. The third-order valence-electron chi connectivity index (χ3n) is 2.17. The van der Waals surface area contributed by atoms with Gasteiger partial charge in [0.05, 0.1) is 10.5 Å². The Balaban J connectivity index is 3.12. The maximum Gasteiger partial charge on any atom is 0.275 e. The van der Waals surface area contributed by atoms with Gasteiger partial charge in [0.1, 0.15) is 12.2 Å². The number of hydrogen-bond acceptors (Lipinski definition) is 5. The molecule has 6 nitrogen and oxygen atoms in total. The van der Waals surface area contributed by atoms with E-state index in [0.717, 1.165) is 6.92 Å². The molecule has 0 aliphatic rings. The van der Waals surface area contributed by atoms with Crippen LogP contribution in [0.15, 0.2) is 24.3 Å². The smallest absolute Gasteiger partial charge is 0.275 e. The van der Waals surface area contributed by atoms with Gasteiger partial charge in [0.25, 0.3) is 5.69 Å². The Bertz CT molecular complexity index is 417. The first-order valence-electron chi connectivity index (χ1n) is 4.55. The molecular formula is C10H11NO5. The summed E-state index contributed by atoms with van der Waals surface area (Å²) in [4.78, 5) is 20.8. The first kappa shape index (κ1) is 12.3. The number of ketones is 1. The van der Waals surface area contributed by atoms with Crippen molar-refractivity contribution in [1.29, 1.82) is 0 Å². The standard InChI is InChI=1S/C10H11NO5/c1-6(12)9(13)10(14)7-4-2-3-5-8(7)11(15)16/h2-5,9-10,13-14H,1H3/t9-,10-/m0/s1. The van der Waals surface area contributed by atoms with Gasteiger partial charge in [-0.05, 0) is 13.0 Å². The van der Waals surface area contributed by atoms with E-state index in [2.05, 4.69) is 0 Å². The predicted octanol–water partition coefficient (Wildman–Crippen LogP) is 0.578. The molecule has 6 heteroatoms. The average molecular weight is 225 g/mol. The van der Waals surface area contributed by atoms with Crippen molar-refractivity contribution in [2.45, 2.75) is 19.1 Å². The van der Waals surface area contributed by atoms with E-state index in [4.69, 9.17) is 0 Å². The van der Waals surface area contributed by atoms with E-state index < -0.39 is 22.9 Å². The summed E-state index contributed by atoms with van der Waals surface area (Å²) in [5.41, 5.74) is -0.398. The van der Waals surface area contributed by atoms with Gasteiger partial charge >= 0.3 is 0 Å². The van der Waals surface area contributed by atoms with E-state index >= 15 is 0 Å². The zero-order chi connectivity index (χ0) is 12.3. The molecule has 0 amide bonds. The van der Waals surface area contributed by atoms with E-state index in [9.17, 15) is 25.1 Å². The Kier molecular flexibility index (Phi) is 3.70. The Labute approximate surface area is 91.3 Å². The Hall–Kier alpha value is -1.79. The van der Waals surface area contributed by atoms with Crippen LogP contribution in [0.2, 0.25) is 0 Å². The number of nitrogens with zero attached hydrogens (tertiary/aromatic N) is 1. The van der Waals surface area contributed by atoms with Crippen LogP contribution in [0, 0.1) is 10.1 Å². The number of carbonyl (C=O) groups is 1. The van der Waals surface area contributed by atoms with Gasteiger partial charge in [-0.2, -0.15) is 0 Å². The van der Waals surface area contributed by atoms with Crippen LogP contribution in [0.5, 0.6) is 0 Å². The van der Waals surface area contributed by atoms with Crippen molar-refractivity contribution >= 4 is 11.5 Å². The first-order valence-corrected chi connectivity index (χ1v) is 4.55. The summed E-state index contributed by atoms with van der Waals surface area (Å²) in [6.45, 7) is 1.10. The van der Waals surface area contributed by atoms with Crippen molar-refractivity contribution in [3.8, 4) is 0 Å². The molecule has 0 saturated carbocycles. The quantitative estimate of drug-likeness (QED) is 0.576. The van der Waals surface area contributed by atoms with Gasteiger partial charge in [0.15, 0.2) is 5.78 Å². The van der Waals surface area contributed by atoms with Gasteiger partial charge in [0.2, 0.25) is 0 Å². The monoisotopic (exact) mass is 225 g/mol. The molecular weight excluding hydrogens is 214 g/mol. The molecule has 0 aliphatic carbocycles. The van der Waals surface area contributed by atoms with Crippen molar-refractivity contribution in [1.82, 2.24) is 0 Å². The SMILES string of the molecule is CC(=O)[C@H](O)[C@@H](O)c1ccccc1[N+](=O)[O-]. The molecule has 0 aromatic heterocycles. The summed E-state index contributed by atoms with van der Waals surface area (Å²) in [6, 6.07) is 5.42. The van der Waals surface area contributed by atoms with Crippen molar-refractivity contribution in [3.63, 3.8) is 0 Å². The van der Waals surface area contributed by atoms with Crippen molar-refractivity contribution in [2.75, 3.05) is 0 Å². The number of aliphatic hydroxyl groups is 2. The topological polar surface area (TPSA) is 101 Å². The number of benzene rings is 1. The molecule has 2 N–H and O–H groups in total. The summed E-state index contributed by atoms with van der Waals surface area (Å²) >= 11 is 0. The molecule has 0 aliphatic heterocycles. The fourth-order valence-corrected chi connectivity index (χ4v) is 1.30. The maximum atomic E-state index is 10.9. The summed E-state index contributed by atoms with van der Waals surface area (Å²) in [6.07, 6.45) is -3.24. The predicted molar refractivity (Wildman–Crippen MR) is 54.7 cm³/mol. The normalized spacial score (nSPS) is 14.2. The fourth-order valence-electron chi connectivity index (χ4n) is 1.30. The highest BCUT2D eigenvalue weighted by atomic mass is 16.6. The molecule has 0 saturated heterocycles. The van der Waals surface area contributed by atoms with Crippen LogP contribution in [0.3, 0.4) is 0 Å². The van der Waals surface area contributed by atoms with Crippen LogP contribution in [0.25, 0.3) is 0 Å². The minimum Gasteiger partial charge on any atom is -0.385 e. The zero-order valence-electron chi connectivity index (χ0n) is 8.53. The largest absolute Gasteiger partial charge is 0.385 e. The molecule has 16 heavy (non-hydrogen) atoms. The minimum atomic E-state index is -1.65. The maximum absolute atomic E-state index is 10.9. The van der Waals surface area contributed by atoms with E-state index in [1.165, 1.54) is 24.3 Å². The van der Waals surface area contributed by atoms with E-state index in [0.29, 0.717) is 0 Å². The highest BCUT2D eigenvalue weighted by Gasteiger charge is 2.28. The first-order chi connectivity index (χ1) is 7.45. The van der Waals surface area contributed by atoms with E-state index in [-0.39, 0.29) is 11.3 Å². The molecule has 0 spiro atoms. The molecule has 1 aromatic carbocycles. The van der Waals surface area contributed by atoms with Crippen molar-refractivity contribution in [3.05, 3.63) is 39.9 Å². The number of nitro benzene ring substituents is 1. The van der Waals surface area contributed by atoms with Gasteiger partial charge in [-0.1, -0.05) is 12.1 Å². The molecule has 2 atom stereocenters. The molecule has 1 aromatic rings. The number of hydrogen-bond donors (Lipinski definition) is 2. The Morgan fingerprint density at radius 2 is 1.94 bits per heavy atom. The van der Waals surface area contributed by atoms with Gasteiger partial charge in [-0.15, -0.1) is 0 Å². The molecule has 1 rings (SSSR count). The summed E-state index contributed by atoms with van der Waals surface area (Å²) in [5, 5.41) is 29.6. The van der Waals surface area contributed by atoms with Crippen LogP contribution in [-0.2, 0) is 4.79 Å². The van der Waals surface area contributed by atoms with E-state index in [1.54, 1.807) is 0 Å². The average Bonchev–Trinajstić information content (AvgIpc) is 2.26. The highest BCUT2D eigenvalue weighted by Crippen LogP contribution is 2.27. The fraction of sp³-hybridized carbons (Fsp3) is 0.300. The Morgan fingerprint density at radius 1 is 1.38 bits per heavy atom. The van der Waals surface area contributed by atoms with Crippen LogP contribution in [-0.4, -0.2) is 27.0 Å². The number of para-hydroxylation sites is 1. The lowest BCUT2D eigenvalue weighted by Gasteiger charge is -2.15. The second kappa shape index (κ2) is 4.82. The van der Waals surface area contributed by atoms with Crippen LogP contribution in [0.1, 0.15) is 18.6 Å². The number of nitro groups is 1. The number of rotatable bonds is 4. The van der Waals surface area contributed by atoms with Crippen LogP contribution < -0.4 is 0 Å². The molecule has 0 bridgehead atoms. The third kappa shape index (κ3) is 2.41. The molecule has 0 unspecified atom stereocenters. The summed E-state index contributed by atoms with van der Waals surface area (Å²) in [5.74, 6) is -0.648. The second-order valence-electron chi connectivity index (χ2n) is 3.32. The van der Waals surface area contributed by atoms with Crippen LogP contribution >= 0.6 is 0 Å². The van der Waals surface area contributed by atoms with Crippen molar-refractivity contribution in [2.24, 2.45) is 0 Å². The summed E-state index contributed by atoms with van der Waals surface area (Å²) < 4.78 is 0. The lowest BCUT2D eigenvalue weighted by Crippen LogP contribution is -2.26. The van der Waals surface area contributed by atoms with Crippen LogP contribution in [0.4, 0.5) is 5.69 Å². The number of Topliss-reactive ketones (excluding diaryl/α,β-unsaturated/α-hetero) is 1. The zero-order valence-corrected chi connectivity index (χ0v) is 8.53. The molecule has 0 fully saturated rings. The van der Waals surface area contributed by atoms with Gasteiger partial charge < -0.3 is 10.2 Å². The summed E-state index contributed by atoms with van der Waals surface area (Å²) in [7, 11) is 0. The number of aliphatic hydroxyl groups excluding tert-OH is 2. The van der Waals surface area contributed by atoms with Crippen molar-refractivity contribution < 1.29 is 19.9 Å². The van der Waals surface area contributed by atoms with Gasteiger partial charge in [-0.25, -0.2) is 0 Å². The van der Waals surface area contributed by atoms with Gasteiger partial charge in [0, 0.05) is 6.07 Å². The Morgan fingerprint density at radius 3 is 2.44 bits per heavy atom. The second-order valence-corrected chi connectivity index (χ2v) is 3.32. The van der Waals surface area contributed by atoms with Gasteiger partial charge in [-0.3, -0.25) is 14.9 Å². The molecule has 0 heterocycles. The lowest BCUT2D eigenvalue weighted by molar-refractivity contribution is -0.386. The molecule has 86 valence electrons.